The second-order valence-corrected chi connectivity index (χ2v) is 21.3. The van der Waals surface area contributed by atoms with Crippen LogP contribution < -0.4 is 19.3 Å². The Hall–Kier alpha value is -3.44. The summed E-state index contributed by atoms with van der Waals surface area (Å²) in [6, 6.07) is 6.49. The number of benzene rings is 4. The average molecular weight is 1310 g/mol. The van der Waals surface area contributed by atoms with Gasteiger partial charge in [-0.25, -0.2) is 35.9 Å². The Balaban J connectivity index is 0.000000376. The largest absolute Gasteiger partial charge is 1.00 e. The molecule has 11 nitrogen and oxygen atoms in total. The summed E-state index contributed by atoms with van der Waals surface area (Å²) in [6.07, 6.45) is 0. The second kappa shape index (κ2) is 23.0. The van der Waals surface area contributed by atoms with Crippen molar-refractivity contribution < 1.29 is 158 Å². The van der Waals surface area contributed by atoms with E-state index in [4.69, 9.17) is 0 Å². The Morgan fingerprint density at radius 2 is 0.930 bits per heavy atom. The predicted octanol–water partition coefficient (Wildman–Crippen LogP) is 11.1. The van der Waals surface area contributed by atoms with Gasteiger partial charge in [0, 0.05) is 39.3 Å². The van der Waals surface area contributed by atoms with Gasteiger partial charge in [0.15, 0.2) is 5.12 Å². The van der Waals surface area contributed by atoms with Crippen molar-refractivity contribution in [3.63, 3.8) is 0 Å². The molecule has 1 N–H and O–H groups in total. The van der Waals surface area contributed by atoms with Crippen molar-refractivity contribution in [1.29, 1.82) is 0 Å². The van der Waals surface area contributed by atoms with E-state index in [-0.39, 0.29) is 75.8 Å². The number of esters is 2. The molecule has 0 radical (unpaired) electrons. The first kappa shape index (κ1) is 61.9. The Kier molecular flexibility index (Phi) is 20.0. The minimum absolute atomic E-state index is 0. The number of hydrogen-bond acceptors (Lipinski definition) is 13. The van der Waals surface area contributed by atoms with Gasteiger partial charge in [0.2, 0.25) is 69.7 Å². The molecule has 71 heavy (non-hydrogen) atoms. The standard InChI is InChI=1S/C23H18F7O6PS2.C16H6F7O5PS.2Ag/c1-22(2,3)21(32)38-7-6-35-37(33,34)23(29,30)11-4-5-12-10(8-11)9-13(39-12)20(31)36-19-17(27)15(25)14(24)16(26)18(19)28;17-9-10(18)12(20)14(13(21)11(9)19)28-15(24)8-4-5-3-6(1-2-7(5)30-8)16(22,23)29(25,26)27;;/h4-5,8-9H,6-7H2,1-3H3,(H,33,34);1-4H,(H2,25,26,27);;/q;;2*+1/p-2. The van der Waals surface area contributed by atoms with Crippen molar-refractivity contribution >= 4 is 86.9 Å². The van der Waals surface area contributed by atoms with Gasteiger partial charge >= 0.3 is 70.0 Å². The molecule has 0 aliphatic carbocycles. The van der Waals surface area contributed by atoms with E-state index in [9.17, 15) is 99.7 Å². The minimum Gasteiger partial charge on any atom is -0.806 e. The zero-order valence-corrected chi connectivity index (χ0v) is 41.8. The van der Waals surface area contributed by atoms with Gasteiger partial charge in [-0.2, -0.15) is 35.1 Å². The summed E-state index contributed by atoms with van der Waals surface area (Å²) < 4.78 is 228. The van der Waals surface area contributed by atoms with E-state index in [0.29, 0.717) is 34.8 Å². The number of halogens is 14. The van der Waals surface area contributed by atoms with Gasteiger partial charge in [0.1, 0.15) is 9.75 Å². The molecule has 6 aromatic rings. The van der Waals surface area contributed by atoms with Crippen LogP contribution in [-0.4, -0.2) is 34.3 Å². The number of thioether (sulfide) groups is 1. The van der Waals surface area contributed by atoms with Gasteiger partial charge in [-0.1, -0.05) is 44.7 Å². The molecular formula is C39H22Ag2F14O11P2S3. The number of rotatable bonds is 12. The smallest absolute Gasteiger partial charge is 0.806 e. The van der Waals surface area contributed by atoms with Gasteiger partial charge in [0.25, 0.3) is 5.66 Å². The maximum Gasteiger partial charge on any atom is 1.00 e. The van der Waals surface area contributed by atoms with Crippen molar-refractivity contribution in [2.45, 2.75) is 32.1 Å². The molecule has 392 valence electrons. The summed E-state index contributed by atoms with van der Waals surface area (Å²) in [4.78, 5) is 66.7. The number of carbonyl (C=O) groups is 3. The number of hydrogen-bond donors (Lipinski definition) is 1. The molecule has 4 aromatic carbocycles. The molecule has 1 unspecified atom stereocenters. The van der Waals surface area contributed by atoms with Crippen molar-refractivity contribution in [2.24, 2.45) is 5.41 Å². The van der Waals surface area contributed by atoms with E-state index in [1.165, 1.54) is 0 Å². The zero-order chi connectivity index (χ0) is 52.1. The van der Waals surface area contributed by atoms with Crippen LogP contribution >= 0.6 is 49.6 Å². The van der Waals surface area contributed by atoms with Crippen LogP contribution in [0.25, 0.3) is 20.2 Å². The third-order valence-corrected chi connectivity index (χ3v) is 14.6. The molecule has 0 aliphatic heterocycles. The molecule has 0 aliphatic rings. The Morgan fingerprint density at radius 1 is 0.592 bits per heavy atom. The molecule has 6 rings (SSSR count). The third-order valence-electron chi connectivity index (χ3n) is 8.75. The Bertz CT molecular complexity index is 3110. The first-order chi connectivity index (χ1) is 31.6. The zero-order valence-electron chi connectivity index (χ0n) is 34.6. The van der Waals surface area contributed by atoms with Gasteiger partial charge in [0.05, 0.1) is 6.61 Å². The molecule has 2 heterocycles. The normalized spacial score (nSPS) is 12.9. The van der Waals surface area contributed by atoms with Gasteiger partial charge in [-0.3, -0.25) is 9.36 Å². The summed E-state index contributed by atoms with van der Waals surface area (Å²) in [7, 11) is -12.0. The molecule has 1 atom stereocenters. The van der Waals surface area contributed by atoms with Crippen LogP contribution in [0.4, 0.5) is 61.5 Å². The van der Waals surface area contributed by atoms with Crippen LogP contribution in [0, 0.1) is 63.6 Å². The van der Waals surface area contributed by atoms with Crippen molar-refractivity contribution in [3.05, 3.63) is 128 Å². The molecule has 0 spiro atoms. The van der Waals surface area contributed by atoms with Crippen LogP contribution in [0.5, 0.6) is 11.5 Å². The van der Waals surface area contributed by atoms with Crippen LogP contribution in [-0.2, 0) is 74.5 Å². The van der Waals surface area contributed by atoms with E-state index in [0.717, 1.165) is 48.2 Å². The summed E-state index contributed by atoms with van der Waals surface area (Å²) in [6.45, 7) is 4.28. The van der Waals surface area contributed by atoms with Gasteiger partial charge < -0.3 is 33.2 Å². The molecular weight excluding hydrogens is 1280 g/mol. The first-order valence-corrected chi connectivity index (χ1v) is 23.9. The molecule has 32 heteroatoms. The quantitative estimate of drug-likeness (QED) is 0.0179. The third kappa shape index (κ3) is 12.9. The van der Waals surface area contributed by atoms with Crippen molar-refractivity contribution in [2.75, 3.05) is 12.4 Å². The van der Waals surface area contributed by atoms with Crippen LogP contribution in [0.15, 0.2) is 48.5 Å². The molecule has 0 bridgehead atoms. The summed E-state index contributed by atoms with van der Waals surface area (Å²) in [5, 5.41) is -0.536. The molecule has 0 amide bonds. The van der Waals surface area contributed by atoms with Crippen LogP contribution in [0.1, 0.15) is 51.2 Å². The maximum atomic E-state index is 14.9. The van der Waals surface area contributed by atoms with E-state index >= 15 is 0 Å². The first-order valence-electron chi connectivity index (χ1n) is 18.1. The predicted molar refractivity (Wildman–Crippen MR) is 214 cm³/mol. The number of carbonyl (C=O) groups excluding carboxylic acids is 3. The molecule has 2 aromatic heterocycles. The minimum atomic E-state index is -6.36. The number of alkyl halides is 4. The fourth-order valence-corrected chi connectivity index (χ4v) is 9.38. The topological polar surface area (TPSA) is 179 Å². The second-order valence-electron chi connectivity index (χ2n) is 14.6. The van der Waals surface area contributed by atoms with Crippen LogP contribution in [0.3, 0.4) is 0 Å². The number of fused-ring (bicyclic) bond motifs is 2. The fourth-order valence-electron chi connectivity index (χ4n) is 5.21. The molecule has 0 saturated heterocycles. The van der Waals surface area contributed by atoms with Gasteiger partial charge in [-0.05, 0) is 47.2 Å². The Labute approximate surface area is 431 Å². The fraction of sp³-hybridized carbons (Fsp3) is 0.205. The van der Waals surface area contributed by atoms with E-state index < -0.39 is 141 Å². The van der Waals surface area contributed by atoms with Crippen LogP contribution in [0.2, 0.25) is 0 Å². The summed E-state index contributed by atoms with van der Waals surface area (Å²) in [5.41, 5.74) is -12.1. The summed E-state index contributed by atoms with van der Waals surface area (Å²) in [5.74, 6) is -30.9. The number of thiophene rings is 2. The van der Waals surface area contributed by atoms with E-state index in [1.807, 2.05) is 0 Å². The molecule has 0 fully saturated rings. The molecule has 0 saturated carbocycles. The van der Waals surface area contributed by atoms with Crippen molar-refractivity contribution in [1.82, 2.24) is 0 Å². The van der Waals surface area contributed by atoms with Gasteiger partial charge in [-0.15, -0.1) is 22.7 Å². The maximum absolute atomic E-state index is 14.9. The van der Waals surface area contributed by atoms with Crippen molar-refractivity contribution in [3.8, 4) is 11.5 Å². The van der Waals surface area contributed by atoms with E-state index in [1.54, 1.807) is 20.8 Å². The summed E-state index contributed by atoms with van der Waals surface area (Å²) >= 11 is 1.85. The SMILES string of the molecule is CC(C)(C)C(=O)SCCOP(=O)(O)C(F)(F)c1ccc2sc(C(=O)Oc3c(F)c(F)c(F)c(F)c3F)cc2c1.O=C(Oc1c(F)c(F)c(F)c(F)c1F)c1cc2cc(C(F)(F)P(=O)([O-])[O-])ccc2s1.[Ag+].[Ag+]. The van der Waals surface area contributed by atoms with E-state index in [2.05, 4.69) is 14.0 Å². The number of ether oxygens (including phenoxy) is 2. The average Bonchev–Trinajstić information content (AvgIpc) is 3.92. The Morgan fingerprint density at radius 3 is 1.27 bits per heavy atom. The monoisotopic (exact) mass is 1300 g/mol.